The summed E-state index contributed by atoms with van der Waals surface area (Å²) in [5, 5.41) is 4.44. The summed E-state index contributed by atoms with van der Waals surface area (Å²) in [5.41, 5.74) is 6.28. The summed E-state index contributed by atoms with van der Waals surface area (Å²) in [6.07, 6.45) is 0.768. The minimum Gasteiger partial charge on any atom is -0.484 e. The van der Waals surface area contributed by atoms with Crippen molar-refractivity contribution in [1.29, 1.82) is 0 Å². The van der Waals surface area contributed by atoms with Crippen LogP contribution in [0.2, 0.25) is 0 Å². The minimum atomic E-state index is -0.163. The molecular formula is C22H24N2O2. The zero-order valence-electron chi connectivity index (χ0n) is 15.7. The van der Waals surface area contributed by atoms with Crippen LogP contribution in [-0.2, 0) is 6.42 Å². The smallest absolute Gasteiger partial charge is 0.284 e. The summed E-state index contributed by atoms with van der Waals surface area (Å²) in [4.78, 5) is 12.6. The van der Waals surface area contributed by atoms with E-state index in [1.807, 2.05) is 58.0 Å². The maximum atomic E-state index is 12.6. The highest BCUT2D eigenvalue weighted by Crippen LogP contribution is 2.19. The number of rotatable bonds is 5. The summed E-state index contributed by atoms with van der Waals surface area (Å²) in [6, 6.07) is 16.2. The average Bonchev–Trinajstić information content (AvgIpc) is 2.88. The van der Waals surface area contributed by atoms with E-state index in [9.17, 15) is 4.79 Å². The molecular weight excluding hydrogens is 324 g/mol. The lowest BCUT2D eigenvalue weighted by atomic mass is 10.0. The Hall–Kier alpha value is -2.88. The second kappa shape index (κ2) is 7.56. The average molecular weight is 348 g/mol. The van der Waals surface area contributed by atoms with Crippen molar-refractivity contribution in [3.05, 3.63) is 82.2 Å². The Morgan fingerprint density at radius 1 is 1.00 bits per heavy atom. The third-order valence-corrected chi connectivity index (χ3v) is 4.46. The van der Waals surface area contributed by atoms with Gasteiger partial charge in [0.1, 0.15) is 5.75 Å². The third-order valence-electron chi connectivity index (χ3n) is 4.46. The number of aryl methyl sites for hydroxylation is 3. The number of aromatic nitrogens is 2. The van der Waals surface area contributed by atoms with Crippen molar-refractivity contribution in [3.8, 4) is 5.75 Å². The predicted molar refractivity (Wildman–Crippen MR) is 103 cm³/mol. The normalized spacial score (nSPS) is 10.8. The van der Waals surface area contributed by atoms with Crippen LogP contribution in [0, 0.1) is 27.7 Å². The molecule has 0 aliphatic heterocycles. The van der Waals surface area contributed by atoms with Crippen LogP contribution < -0.4 is 4.74 Å². The molecule has 0 aliphatic carbocycles. The van der Waals surface area contributed by atoms with Crippen LogP contribution >= 0.6 is 0 Å². The second-order valence-electron chi connectivity index (χ2n) is 6.73. The van der Waals surface area contributed by atoms with E-state index < -0.39 is 0 Å². The molecule has 0 aliphatic rings. The van der Waals surface area contributed by atoms with Crippen LogP contribution in [0.4, 0.5) is 0 Å². The lowest BCUT2D eigenvalue weighted by Crippen LogP contribution is -2.21. The number of nitrogens with zero attached hydrogens (tertiary/aromatic N) is 2. The van der Waals surface area contributed by atoms with Gasteiger partial charge in [-0.2, -0.15) is 5.10 Å². The highest BCUT2D eigenvalue weighted by molar-refractivity contribution is 5.80. The van der Waals surface area contributed by atoms with Crippen LogP contribution in [0.25, 0.3) is 0 Å². The van der Waals surface area contributed by atoms with E-state index in [0.717, 1.165) is 34.5 Å². The van der Waals surface area contributed by atoms with Gasteiger partial charge in [0, 0.05) is 17.7 Å². The Morgan fingerprint density at radius 3 is 2.31 bits per heavy atom. The molecule has 4 nitrogen and oxygen atoms in total. The fraction of sp³-hybridized carbons (Fsp3) is 0.273. The van der Waals surface area contributed by atoms with Crippen LogP contribution in [-0.4, -0.2) is 22.3 Å². The van der Waals surface area contributed by atoms with E-state index in [4.69, 9.17) is 4.74 Å². The molecule has 2 aromatic carbocycles. The molecule has 0 radical (unpaired) electrons. The molecule has 0 spiro atoms. The van der Waals surface area contributed by atoms with Crippen LogP contribution in [0.15, 0.2) is 48.5 Å². The van der Waals surface area contributed by atoms with E-state index in [2.05, 4.69) is 23.3 Å². The van der Waals surface area contributed by atoms with Gasteiger partial charge in [0.25, 0.3) is 5.91 Å². The zero-order chi connectivity index (χ0) is 18.7. The van der Waals surface area contributed by atoms with E-state index in [1.165, 1.54) is 10.2 Å². The van der Waals surface area contributed by atoms with Gasteiger partial charge in [0.15, 0.2) is 6.61 Å². The van der Waals surface area contributed by atoms with Crippen LogP contribution in [0.1, 0.15) is 38.4 Å². The summed E-state index contributed by atoms with van der Waals surface area (Å²) in [5.74, 6) is 0.547. The maximum absolute atomic E-state index is 12.6. The topological polar surface area (TPSA) is 44.1 Å². The molecule has 0 fully saturated rings. The Labute approximate surface area is 154 Å². The van der Waals surface area contributed by atoms with Crippen molar-refractivity contribution < 1.29 is 9.53 Å². The first kappa shape index (κ1) is 17.9. The van der Waals surface area contributed by atoms with Crippen molar-refractivity contribution in [2.24, 2.45) is 0 Å². The quantitative estimate of drug-likeness (QED) is 0.685. The highest BCUT2D eigenvalue weighted by Gasteiger charge is 2.17. The number of benzene rings is 2. The lowest BCUT2D eigenvalue weighted by molar-refractivity contribution is 0.0818. The summed E-state index contributed by atoms with van der Waals surface area (Å²) < 4.78 is 7.16. The number of ether oxygens (including phenoxy) is 1. The molecule has 3 aromatic rings. The molecule has 1 heterocycles. The van der Waals surface area contributed by atoms with Gasteiger partial charge in [0.05, 0.1) is 5.69 Å². The first-order chi connectivity index (χ1) is 12.4. The predicted octanol–water partition coefficient (Wildman–Crippen LogP) is 4.43. The molecule has 0 N–H and O–H groups in total. The zero-order valence-corrected chi connectivity index (χ0v) is 15.7. The Bertz CT molecular complexity index is 907. The van der Waals surface area contributed by atoms with Crippen LogP contribution in [0.5, 0.6) is 5.75 Å². The molecule has 134 valence electrons. The Balaban J connectivity index is 1.74. The summed E-state index contributed by atoms with van der Waals surface area (Å²) >= 11 is 0. The SMILES string of the molecule is Cc1cc(C)cc(OCC(=O)n2nc(C)c(Cc3ccccc3)c2C)c1. The number of hydrogen-bond acceptors (Lipinski definition) is 3. The van der Waals surface area contributed by atoms with Gasteiger partial charge in [-0.15, -0.1) is 0 Å². The molecule has 0 saturated carbocycles. The molecule has 0 unspecified atom stereocenters. The van der Waals surface area contributed by atoms with Gasteiger partial charge in [-0.05, 0) is 56.5 Å². The third kappa shape index (κ3) is 4.02. The molecule has 0 saturated heterocycles. The maximum Gasteiger partial charge on any atom is 0.284 e. The van der Waals surface area contributed by atoms with Crippen molar-refractivity contribution in [3.63, 3.8) is 0 Å². The minimum absolute atomic E-state index is 0.0321. The molecule has 3 rings (SSSR count). The Kier molecular flexibility index (Phi) is 5.21. The monoisotopic (exact) mass is 348 g/mol. The van der Waals surface area contributed by atoms with E-state index in [-0.39, 0.29) is 12.5 Å². The highest BCUT2D eigenvalue weighted by atomic mass is 16.5. The number of carbonyl (C=O) groups excluding carboxylic acids is 1. The van der Waals surface area contributed by atoms with Crippen molar-refractivity contribution >= 4 is 5.91 Å². The molecule has 1 aromatic heterocycles. The summed E-state index contributed by atoms with van der Waals surface area (Å²) in [7, 11) is 0. The van der Waals surface area contributed by atoms with Crippen LogP contribution in [0.3, 0.4) is 0 Å². The molecule has 0 atom stereocenters. The molecule has 0 amide bonds. The van der Waals surface area contributed by atoms with E-state index >= 15 is 0 Å². The van der Waals surface area contributed by atoms with Crippen molar-refractivity contribution in [2.45, 2.75) is 34.1 Å². The second-order valence-corrected chi connectivity index (χ2v) is 6.73. The van der Waals surface area contributed by atoms with Gasteiger partial charge in [-0.3, -0.25) is 4.79 Å². The van der Waals surface area contributed by atoms with Gasteiger partial charge in [0.2, 0.25) is 0 Å². The van der Waals surface area contributed by atoms with Gasteiger partial charge >= 0.3 is 0 Å². The van der Waals surface area contributed by atoms with Gasteiger partial charge in [-0.1, -0.05) is 36.4 Å². The molecule has 4 heteroatoms. The standard InChI is InChI=1S/C22H24N2O2/c1-15-10-16(2)12-20(11-15)26-14-22(25)24-18(4)21(17(3)23-24)13-19-8-6-5-7-9-19/h5-12H,13-14H2,1-4H3. The first-order valence-electron chi connectivity index (χ1n) is 8.77. The number of carbonyl (C=O) groups is 1. The van der Waals surface area contributed by atoms with Gasteiger partial charge < -0.3 is 4.74 Å². The first-order valence-corrected chi connectivity index (χ1v) is 8.77. The van der Waals surface area contributed by atoms with E-state index in [1.54, 1.807) is 0 Å². The summed E-state index contributed by atoms with van der Waals surface area (Å²) in [6.45, 7) is 7.87. The Morgan fingerprint density at radius 2 is 1.65 bits per heavy atom. The fourth-order valence-corrected chi connectivity index (χ4v) is 3.20. The number of hydrogen-bond donors (Lipinski definition) is 0. The van der Waals surface area contributed by atoms with E-state index in [0.29, 0.717) is 5.75 Å². The largest absolute Gasteiger partial charge is 0.484 e. The molecule has 0 bridgehead atoms. The molecule has 26 heavy (non-hydrogen) atoms. The van der Waals surface area contributed by atoms with Gasteiger partial charge in [-0.25, -0.2) is 4.68 Å². The lowest BCUT2D eigenvalue weighted by Gasteiger charge is -2.09. The van der Waals surface area contributed by atoms with Crippen molar-refractivity contribution in [1.82, 2.24) is 9.78 Å². The fourth-order valence-electron chi connectivity index (χ4n) is 3.20. The van der Waals surface area contributed by atoms with Crippen molar-refractivity contribution in [2.75, 3.05) is 6.61 Å².